The summed E-state index contributed by atoms with van der Waals surface area (Å²) in [6.07, 6.45) is 1.72. The molecule has 1 heterocycles. The number of ether oxygens (including phenoxy) is 2. The largest absolute Gasteiger partial charge is 0.459 e. The Morgan fingerprint density at radius 1 is 1.39 bits per heavy atom. The summed E-state index contributed by atoms with van der Waals surface area (Å²) in [7, 11) is 0. The number of hydrogen-bond acceptors (Lipinski definition) is 4. The summed E-state index contributed by atoms with van der Waals surface area (Å²) in [5.41, 5.74) is 6.47. The quantitative estimate of drug-likeness (QED) is 0.645. The molecule has 0 atom stereocenters. The van der Waals surface area contributed by atoms with Crippen LogP contribution in [0.3, 0.4) is 0 Å². The molecule has 0 aromatic carbocycles. The summed E-state index contributed by atoms with van der Waals surface area (Å²) in [5.74, 6) is -0.369. The van der Waals surface area contributed by atoms with Crippen LogP contribution < -0.4 is 5.73 Å². The maximum Gasteiger partial charge on any atom is 0.355 e. The molecule has 0 aliphatic carbocycles. The molecule has 0 saturated heterocycles. The zero-order chi connectivity index (χ0) is 13.8. The Bertz CT molecular complexity index is 405. The summed E-state index contributed by atoms with van der Waals surface area (Å²) in [5, 5.41) is 0. The predicted molar refractivity (Wildman–Crippen MR) is 70.5 cm³/mol. The summed E-state index contributed by atoms with van der Waals surface area (Å²) in [6.45, 7) is 9.12. The van der Waals surface area contributed by atoms with Crippen LogP contribution in [0.5, 0.6) is 0 Å². The number of hydrogen-bond donors (Lipinski definition) is 1. The van der Waals surface area contributed by atoms with E-state index in [0.29, 0.717) is 24.5 Å². The normalized spacial score (nSPS) is 11.6. The molecular weight excluding hydrogens is 232 g/mol. The number of nitrogens with two attached hydrogens (primary N) is 1. The molecule has 0 radical (unpaired) electrons. The van der Waals surface area contributed by atoms with Gasteiger partial charge < -0.3 is 19.8 Å². The number of nitrogens with zero attached hydrogens (tertiary/aromatic N) is 1. The molecular formula is C13H22N2O3. The fourth-order valence-electron chi connectivity index (χ4n) is 1.52. The number of rotatable bonds is 5. The highest BCUT2D eigenvalue weighted by Crippen LogP contribution is 2.12. The van der Waals surface area contributed by atoms with E-state index in [4.69, 9.17) is 15.2 Å². The zero-order valence-corrected chi connectivity index (χ0v) is 11.5. The number of aryl methyl sites for hydroxylation is 1. The summed E-state index contributed by atoms with van der Waals surface area (Å²) < 4.78 is 12.4. The minimum Gasteiger partial charge on any atom is -0.459 e. The van der Waals surface area contributed by atoms with Gasteiger partial charge in [-0.05, 0) is 33.8 Å². The van der Waals surface area contributed by atoms with Gasteiger partial charge in [-0.1, -0.05) is 0 Å². The van der Waals surface area contributed by atoms with E-state index in [1.54, 1.807) is 16.8 Å². The number of aromatic nitrogens is 1. The van der Waals surface area contributed by atoms with Crippen LogP contribution in [0.1, 0.15) is 38.2 Å². The molecule has 18 heavy (non-hydrogen) atoms. The van der Waals surface area contributed by atoms with Gasteiger partial charge in [0, 0.05) is 12.7 Å². The molecule has 1 aromatic rings. The van der Waals surface area contributed by atoms with Gasteiger partial charge in [0.05, 0.1) is 17.9 Å². The van der Waals surface area contributed by atoms with Gasteiger partial charge in [0.1, 0.15) is 12.3 Å². The lowest BCUT2D eigenvalue weighted by Gasteiger charge is -2.19. The van der Waals surface area contributed by atoms with Crippen molar-refractivity contribution in [3.63, 3.8) is 0 Å². The first kappa shape index (κ1) is 14.6. The Labute approximate surface area is 108 Å². The van der Waals surface area contributed by atoms with Crippen molar-refractivity contribution in [1.82, 2.24) is 4.57 Å². The van der Waals surface area contributed by atoms with Crippen molar-refractivity contribution in [2.45, 2.75) is 39.8 Å². The number of carbonyl (C=O) groups is 1. The summed E-state index contributed by atoms with van der Waals surface area (Å²) >= 11 is 0. The maximum atomic E-state index is 11.8. The van der Waals surface area contributed by atoms with Crippen LogP contribution in [0.4, 0.5) is 5.69 Å². The number of nitrogen functional groups attached to an aromatic ring is 1. The summed E-state index contributed by atoms with van der Waals surface area (Å²) in [6, 6.07) is 1.62. The first-order valence-corrected chi connectivity index (χ1v) is 6.10. The van der Waals surface area contributed by atoms with Crippen molar-refractivity contribution in [1.29, 1.82) is 0 Å². The number of anilines is 1. The third kappa shape index (κ3) is 4.41. The molecule has 0 bridgehead atoms. The lowest BCUT2D eigenvalue weighted by Crippen LogP contribution is -2.23. The fraction of sp³-hybridized carbons (Fsp3) is 0.615. The molecule has 5 nitrogen and oxygen atoms in total. The second-order valence-corrected chi connectivity index (χ2v) is 5.04. The highest BCUT2D eigenvalue weighted by molar-refractivity contribution is 5.89. The van der Waals surface area contributed by atoms with Gasteiger partial charge in [-0.2, -0.15) is 0 Å². The molecule has 0 unspecified atom stereocenters. The third-order valence-corrected chi connectivity index (χ3v) is 2.32. The topological polar surface area (TPSA) is 66.5 Å². The van der Waals surface area contributed by atoms with E-state index in [1.165, 1.54) is 0 Å². The van der Waals surface area contributed by atoms with Crippen LogP contribution >= 0.6 is 0 Å². The monoisotopic (exact) mass is 254 g/mol. The second kappa shape index (κ2) is 5.91. The van der Waals surface area contributed by atoms with Crippen molar-refractivity contribution in [3.05, 3.63) is 18.0 Å². The fourth-order valence-corrected chi connectivity index (χ4v) is 1.52. The predicted octanol–water partition coefficient (Wildman–Crippen LogP) is 2.06. The van der Waals surface area contributed by atoms with Crippen LogP contribution in [0, 0.1) is 0 Å². The highest BCUT2D eigenvalue weighted by atomic mass is 16.6. The lowest BCUT2D eigenvalue weighted by molar-refractivity contribution is -0.0284. The third-order valence-electron chi connectivity index (χ3n) is 2.32. The van der Waals surface area contributed by atoms with Crippen molar-refractivity contribution in [2.75, 3.05) is 18.9 Å². The maximum absolute atomic E-state index is 11.8. The Hall–Kier alpha value is -1.49. The van der Waals surface area contributed by atoms with E-state index in [0.717, 1.165) is 0 Å². The molecule has 0 aliphatic heterocycles. The Morgan fingerprint density at radius 3 is 2.61 bits per heavy atom. The van der Waals surface area contributed by atoms with Crippen molar-refractivity contribution in [2.24, 2.45) is 0 Å². The van der Waals surface area contributed by atoms with Crippen LogP contribution in [0.2, 0.25) is 0 Å². The molecule has 0 fully saturated rings. The second-order valence-electron chi connectivity index (χ2n) is 5.04. The molecule has 0 aliphatic rings. The van der Waals surface area contributed by atoms with Gasteiger partial charge in [0.25, 0.3) is 0 Å². The summed E-state index contributed by atoms with van der Waals surface area (Å²) in [4.78, 5) is 11.8. The van der Waals surface area contributed by atoms with E-state index < -0.39 is 0 Å². The average molecular weight is 254 g/mol. The molecule has 1 aromatic heterocycles. The van der Waals surface area contributed by atoms with E-state index in [-0.39, 0.29) is 18.2 Å². The van der Waals surface area contributed by atoms with Crippen molar-refractivity contribution < 1.29 is 14.3 Å². The Kier molecular flexibility index (Phi) is 4.78. The minimum absolute atomic E-state index is 0.222. The minimum atomic E-state index is -0.369. The smallest absolute Gasteiger partial charge is 0.355 e. The van der Waals surface area contributed by atoms with E-state index in [2.05, 4.69) is 0 Å². The average Bonchev–Trinajstić information content (AvgIpc) is 2.64. The Morgan fingerprint density at radius 2 is 2.06 bits per heavy atom. The van der Waals surface area contributed by atoms with Gasteiger partial charge in [-0.25, -0.2) is 4.79 Å². The van der Waals surface area contributed by atoms with Crippen LogP contribution in [-0.2, 0) is 16.0 Å². The SMILES string of the molecule is CCn1cc(N)cc1C(=O)OCCOC(C)(C)C. The van der Waals surface area contributed by atoms with Crippen molar-refractivity contribution in [3.8, 4) is 0 Å². The molecule has 0 saturated carbocycles. The molecule has 102 valence electrons. The standard InChI is InChI=1S/C13H22N2O3/c1-5-15-9-10(14)8-11(15)12(16)17-6-7-18-13(2,3)4/h8-9H,5-7,14H2,1-4H3. The molecule has 0 amide bonds. The zero-order valence-electron chi connectivity index (χ0n) is 11.5. The highest BCUT2D eigenvalue weighted by Gasteiger charge is 2.14. The number of esters is 1. The van der Waals surface area contributed by atoms with Gasteiger partial charge >= 0.3 is 5.97 Å². The molecule has 2 N–H and O–H groups in total. The lowest BCUT2D eigenvalue weighted by atomic mass is 10.2. The van der Waals surface area contributed by atoms with E-state index in [1.807, 2.05) is 27.7 Å². The molecule has 0 spiro atoms. The van der Waals surface area contributed by atoms with Crippen LogP contribution in [0.25, 0.3) is 0 Å². The number of carbonyl (C=O) groups excluding carboxylic acids is 1. The first-order chi connectivity index (χ1) is 8.33. The van der Waals surface area contributed by atoms with Gasteiger partial charge in [-0.15, -0.1) is 0 Å². The van der Waals surface area contributed by atoms with E-state index in [9.17, 15) is 4.79 Å². The van der Waals surface area contributed by atoms with Gasteiger partial charge in [0.2, 0.25) is 0 Å². The van der Waals surface area contributed by atoms with Crippen molar-refractivity contribution >= 4 is 11.7 Å². The van der Waals surface area contributed by atoms with E-state index >= 15 is 0 Å². The first-order valence-electron chi connectivity index (χ1n) is 6.10. The molecule has 1 rings (SSSR count). The van der Waals surface area contributed by atoms with Gasteiger partial charge in [0.15, 0.2) is 0 Å². The van der Waals surface area contributed by atoms with Crippen LogP contribution in [0.15, 0.2) is 12.3 Å². The van der Waals surface area contributed by atoms with Gasteiger partial charge in [-0.3, -0.25) is 0 Å². The van der Waals surface area contributed by atoms with Crippen LogP contribution in [-0.4, -0.2) is 29.4 Å². The Balaban J connectivity index is 2.45. The molecule has 5 heteroatoms.